The first-order chi connectivity index (χ1) is 13.0. The number of H-pyrrole nitrogens is 1. The fraction of sp³-hybridized carbons (Fsp3) is 0.174. The number of Topliss-reactive ketones (excluding diaryl/α,β-unsaturated/α-hetero) is 1. The number of ketones is 1. The lowest BCUT2D eigenvalue weighted by molar-refractivity contribution is 0.0977. The van der Waals surface area contributed by atoms with Crippen molar-refractivity contribution in [2.24, 2.45) is 0 Å². The average molecular weight is 356 g/mol. The molecule has 1 heterocycles. The number of carbonyl (C=O) groups is 1. The number of benzene rings is 2. The summed E-state index contributed by atoms with van der Waals surface area (Å²) in [5.74, 6) is -0.161. The smallest absolute Gasteiger partial charge is 0.250 e. The topological polar surface area (TPSA) is 73.7 Å². The van der Waals surface area contributed by atoms with Crippen molar-refractivity contribution < 1.29 is 4.79 Å². The van der Waals surface area contributed by atoms with Crippen LogP contribution in [0, 0.1) is 25.2 Å². The largest absolute Gasteiger partial charge is 0.328 e. The van der Waals surface area contributed by atoms with E-state index in [1.165, 1.54) is 6.20 Å². The van der Waals surface area contributed by atoms with Gasteiger partial charge in [-0.1, -0.05) is 36.4 Å². The lowest BCUT2D eigenvalue weighted by Crippen LogP contribution is -2.14. The number of hydrogen-bond donors (Lipinski definition) is 1. The molecule has 2 aromatic carbocycles. The first-order valence-corrected chi connectivity index (χ1v) is 8.77. The fourth-order valence-corrected chi connectivity index (χ4v) is 3.24. The number of aromatic amines is 1. The molecule has 0 saturated carbocycles. The summed E-state index contributed by atoms with van der Waals surface area (Å²) >= 11 is 0. The Morgan fingerprint density at radius 1 is 1.07 bits per heavy atom. The summed E-state index contributed by atoms with van der Waals surface area (Å²) in [4.78, 5) is 27.1. The molecule has 0 radical (unpaired) electrons. The predicted octanol–water partition coefficient (Wildman–Crippen LogP) is 4.27. The highest BCUT2D eigenvalue weighted by molar-refractivity contribution is 5.96. The van der Waals surface area contributed by atoms with Crippen molar-refractivity contribution >= 4 is 5.78 Å². The van der Waals surface area contributed by atoms with Crippen LogP contribution in [0.1, 0.15) is 50.5 Å². The first-order valence-electron chi connectivity index (χ1n) is 8.77. The van der Waals surface area contributed by atoms with Crippen LogP contribution in [-0.2, 0) is 0 Å². The summed E-state index contributed by atoms with van der Waals surface area (Å²) in [6, 6.07) is 19.1. The maximum absolute atomic E-state index is 12.9. The molecule has 0 aliphatic carbocycles. The van der Waals surface area contributed by atoms with Gasteiger partial charge in [0.2, 0.25) is 0 Å². The van der Waals surface area contributed by atoms with Crippen LogP contribution in [0.15, 0.2) is 65.6 Å². The molecule has 0 bridgehead atoms. The summed E-state index contributed by atoms with van der Waals surface area (Å²) in [5, 5.41) is 9.04. The Balaban J connectivity index is 2.00. The number of aromatic nitrogens is 1. The van der Waals surface area contributed by atoms with Crippen LogP contribution in [0.4, 0.5) is 0 Å². The fourth-order valence-electron chi connectivity index (χ4n) is 3.24. The van der Waals surface area contributed by atoms with Gasteiger partial charge in [0.1, 0.15) is 0 Å². The Bertz CT molecular complexity index is 1070. The lowest BCUT2D eigenvalue weighted by Gasteiger charge is -2.20. The zero-order chi connectivity index (χ0) is 19.4. The molecule has 0 saturated heterocycles. The highest BCUT2D eigenvalue weighted by Crippen LogP contribution is 2.31. The highest BCUT2D eigenvalue weighted by Gasteiger charge is 2.21. The van der Waals surface area contributed by atoms with Crippen molar-refractivity contribution in [2.45, 2.75) is 26.2 Å². The van der Waals surface area contributed by atoms with E-state index in [4.69, 9.17) is 5.26 Å². The SMILES string of the molecule is Cc1ccccc1[C@H](CC(=O)c1c[nH]c(=O)c(C)c1)c1ccc(C#N)cc1. The number of hydrogen-bond acceptors (Lipinski definition) is 3. The summed E-state index contributed by atoms with van der Waals surface area (Å²) in [7, 11) is 0. The Labute approximate surface area is 158 Å². The zero-order valence-electron chi connectivity index (χ0n) is 15.3. The molecule has 0 unspecified atom stereocenters. The molecule has 0 aliphatic rings. The molecule has 4 heteroatoms. The van der Waals surface area contributed by atoms with Gasteiger partial charge >= 0.3 is 0 Å². The van der Waals surface area contributed by atoms with Gasteiger partial charge < -0.3 is 4.98 Å². The van der Waals surface area contributed by atoms with Crippen LogP contribution >= 0.6 is 0 Å². The van der Waals surface area contributed by atoms with Crippen molar-refractivity contribution in [3.05, 3.63) is 105 Å². The van der Waals surface area contributed by atoms with Crippen molar-refractivity contribution in [2.75, 3.05) is 0 Å². The molecule has 27 heavy (non-hydrogen) atoms. The van der Waals surface area contributed by atoms with Crippen molar-refractivity contribution in [3.63, 3.8) is 0 Å². The molecular weight excluding hydrogens is 336 g/mol. The second kappa shape index (κ2) is 7.84. The highest BCUT2D eigenvalue weighted by atomic mass is 16.1. The van der Waals surface area contributed by atoms with E-state index in [0.29, 0.717) is 16.7 Å². The summed E-state index contributed by atoms with van der Waals surface area (Å²) in [6.45, 7) is 3.72. The summed E-state index contributed by atoms with van der Waals surface area (Å²) in [5.41, 5.74) is 4.59. The van der Waals surface area contributed by atoms with Crippen LogP contribution < -0.4 is 5.56 Å². The number of nitrogens with zero attached hydrogens (tertiary/aromatic N) is 1. The predicted molar refractivity (Wildman–Crippen MR) is 105 cm³/mol. The van der Waals surface area contributed by atoms with E-state index in [9.17, 15) is 9.59 Å². The summed E-state index contributed by atoms with van der Waals surface area (Å²) < 4.78 is 0. The van der Waals surface area contributed by atoms with Gasteiger partial charge in [0.15, 0.2) is 5.78 Å². The molecule has 0 fully saturated rings. The van der Waals surface area contributed by atoms with Gasteiger partial charge in [-0.2, -0.15) is 5.26 Å². The molecule has 3 aromatic rings. The van der Waals surface area contributed by atoms with Gasteiger partial charge in [-0.3, -0.25) is 9.59 Å². The van der Waals surface area contributed by atoms with Crippen molar-refractivity contribution in [1.82, 2.24) is 4.98 Å². The Kier molecular flexibility index (Phi) is 5.33. The minimum absolute atomic E-state index is 0.0352. The Hall–Kier alpha value is -3.45. The Morgan fingerprint density at radius 3 is 2.41 bits per heavy atom. The van der Waals surface area contributed by atoms with Gasteiger partial charge in [0.05, 0.1) is 11.6 Å². The average Bonchev–Trinajstić information content (AvgIpc) is 2.69. The van der Waals surface area contributed by atoms with E-state index < -0.39 is 0 Å². The maximum Gasteiger partial charge on any atom is 0.250 e. The number of carbonyl (C=O) groups excluding carboxylic acids is 1. The van der Waals surface area contributed by atoms with Crippen molar-refractivity contribution in [3.8, 4) is 6.07 Å². The third kappa shape index (κ3) is 4.04. The van der Waals surface area contributed by atoms with E-state index >= 15 is 0 Å². The van der Waals surface area contributed by atoms with Gasteiger partial charge in [-0.15, -0.1) is 0 Å². The molecule has 3 rings (SSSR count). The normalized spacial score (nSPS) is 11.6. The lowest BCUT2D eigenvalue weighted by atomic mass is 9.83. The maximum atomic E-state index is 12.9. The molecule has 0 amide bonds. The number of nitrogens with one attached hydrogen (secondary N) is 1. The zero-order valence-corrected chi connectivity index (χ0v) is 15.3. The number of rotatable bonds is 5. The van der Waals surface area contributed by atoms with E-state index in [1.807, 2.05) is 43.3 Å². The number of pyridine rings is 1. The monoisotopic (exact) mass is 356 g/mol. The molecular formula is C23H20N2O2. The molecule has 1 N–H and O–H groups in total. The number of aryl methyl sites for hydroxylation is 2. The van der Waals surface area contributed by atoms with Crippen LogP contribution in [0.5, 0.6) is 0 Å². The van der Waals surface area contributed by atoms with Crippen molar-refractivity contribution in [1.29, 1.82) is 5.26 Å². The molecule has 1 aromatic heterocycles. The van der Waals surface area contributed by atoms with Crippen LogP contribution in [0.3, 0.4) is 0 Å². The molecule has 0 spiro atoms. The first kappa shape index (κ1) is 18.3. The number of nitriles is 1. The standard InChI is InChI=1S/C23H20N2O2/c1-15-5-3-4-6-20(15)21(18-9-7-17(13-24)8-10-18)12-22(26)19-11-16(2)23(27)25-14-19/h3-11,14,21H,12H2,1-2H3,(H,25,27)/t21-/m1/s1. The van der Waals surface area contributed by atoms with Gasteiger partial charge in [0.25, 0.3) is 5.56 Å². The minimum atomic E-state index is -0.186. The van der Waals surface area contributed by atoms with Gasteiger partial charge in [-0.25, -0.2) is 0 Å². The second-order valence-corrected chi connectivity index (χ2v) is 6.67. The molecule has 4 nitrogen and oxygen atoms in total. The van der Waals surface area contributed by atoms with E-state index in [0.717, 1.165) is 16.7 Å². The van der Waals surface area contributed by atoms with Crippen LogP contribution in [-0.4, -0.2) is 10.8 Å². The van der Waals surface area contributed by atoms with Crippen LogP contribution in [0.25, 0.3) is 0 Å². The quantitative estimate of drug-likeness (QED) is 0.694. The Morgan fingerprint density at radius 2 is 1.78 bits per heavy atom. The third-order valence-electron chi connectivity index (χ3n) is 4.81. The molecule has 134 valence electrons. The molecule has 0 aliphatic heterocycles. The minimum Gasteiger partial charge on any atom is -0.328 e. The third-order valence-corrected chi connectivity index (χ3v) is 4.81. The molecule has 1 atom stereocenters. The summed E-state index contributed by atoms with van der Waals surface area (Å²) in [6.07, 6.45) is 1.76. The van der Waals surface area contributed by atoms with Gasteiger partial charge in [-0.05, 0) is 48.7 Å². The van der Waals surface area contributed by atoms with E-state index in [1.54, 1.807) is 25.1 Å². The van der Waals surface area contributed by atoms with Gasteiger partial charge in [0, 0.05) is 29.7 Å². The second-order valence-electron chi connectivity index (χ2n) is 6.67. The van der Waals surface area contributed by atoms with E-state index in [-0.39, 0.29) is 23.7 Å². The van der Waals surface area contributed by atoms with Crippen LogP contribution in [0.2, 0.25) is 0 Å². The van der Waals surface area contributed by atoms with E-state index in [2.05, 4.69) is 11.1 Å².